The fourth-order valence-electron chi connectivity index (χ4n) is 1.97. The zero-order chi connectivity index (χ0) is 13.5. The maximum Gasteiger partial charge on any atom is 0.0549 e. The summed E-state index contributed by atoms with van der Waals surface area (Å²) in [4.78, 5) is 0. The second-order valence-corrected chi connectivity index (χ2v) is 6.01. The molecular formula is C15H24BrNO. The summed E-state index contributed by atoms with van der Waals surface area (Å²) in [6.45, 7) is 7.47. The lowest BCUT2D eigenvalue weighted by Crippen LogP contribution is -2.29. The van der Waals surface area contributed by atoms with Gasteiger partial charge in [-0.1, -0.05) is 41.9 Å². The van der Waals surface area contributed by atoms with Crippen molar-refractivity contribution in [3.8, 4) is 0 Å². The van der Waals surface area contributed by atoms with Crippen LogP contribution < -0.4 is 5.32 Å². The highest BCUT2D eigenvalue weighted by molar-refractivity contribution is 9.10. The topological polar surface area (TPSA) is 21.3 Å². The van der Waals surface area contributed by atoms with Gasteiger partial charge in [0.25, 0.3) is 0 Å². The molecule has 0 aliphatic heterocycles. The molecule has 0 amide bonds. The number of benzene rings is 1. The van der Waals surface area contributed by atoms with E-state index < -0.39 is 0 Å². The summed E-state index contributed by atoms with van der Waals surface area (Å²) in [5, 5.41) is 3.52. The first kappa shape index (κ1) is 15.7. The van der Waals surface area contributed by atoms with Gasteiger partial charge in [0.2, 0.25) is 0 Å². The van der Waals surface area contributed by atoms with E-state index in [0.717, 1.165) is 17.4 Å². The number of ether oxygens (including phenoxy) is 1. The van der Waals surface area contributed by atoms with Crippen LogP contribution in [0.5, 0.6) is 0 Å². The summed E-state index contributed by atoms with van der Waals surface area (Å²) in [7, 11) is 1.78. The van der Waals surface area contributed by atoms with Crippen molar-refractivity contribution >= 4 is 15.9 Å². The summed E-state index contributed by atoms with van der Waals surface area (Å²) in [5.74, 6) is 0.486. The van der Waals surface area contributed by atoms with Gasteiger partial charge in [0.05, 0.1) is 6.10 Å². The molecule has 0 aliphatic carbocycles. The number of methoxy groups -OCH3 is 1. The van der Waals surface area contributed by atoms with Crippen LogP contribution in [0.4, 0.5) is 0 Å². The molecule has 1 aromatic rings. The third-order valence-electron chi connectivity index (χ3n) is 3.11. The van der Waals surface area contributed by atoms with Crippen LogP contribution in [0.15, 0.2) is 28.7 Å². The third-order valence-corrected chi connectivity index (χ3v) is 3.60. The van der Waals surface area contributed by atoms with Crippen molar-refractivity contribution in [3.63, 3.8) is 0 Å². The highest BCUT2D eigenvalue weighted by Gasteiger charge is 2.15. The van der Waals surface area contributed by atoms with E-state index in [1.807, 2.05) is 0 Å². The number of hydrogen-bond acceptors (Lipinski definition) is 2. The molecule has 0 radical (unpaired) electrons. The minimum atomic E-state index is 0.281. The fraction of sp³-hybridized carbons (Fsp3) is 0.600. The van der Waals surface area contributed by atoms with E-state index in [9.17, 15) is 0 Å². The van der Waals surface area contributed by atoms with Crippen molar-refractivity contribution in [1.82, 2.24) is 5.32 Å². The summed E-state index contributed by atoms with van der Waals surface area (Å²) in [6.07, 6.45) is 1.31. The van der Waals surface area contributed by atoms with E-state index in [4.69, 9.17) is 4.74 Å². The van der Waals surface area contributed by atoms with Gasteiger partial charge in [-0.2, -0.15) is 0 Å². The van der Waals surface area contributed by atoms with Gasteiger partial charge in [-0.15, -0.1) is 0 Å². The van der Waals surface area contributed by atoms with Gasteiger partial charge in [-0.25, -0.2) is 0 Å². The van der Waals surface area contributed by atoms with Crippen LogP contribution >= 0.6 is 15.9 Å². The highest BCUT2D eigenvalue weighted by atomic mass is 79.9. The standard InChI is InChI=1S/C15H24BrNO/c1-11(2)17-10-14(8-12(3)18-4)13-6-5-7-15(16)9-13/h5-7,9,11-12,14,17H,8,10H2,1-4H3. The molecule has 18 heavy (non-hydrogen) atoms. The third kappa shape index (κ3) is 5.51. The predicted molar refractivity (Wildman–Crippen MR) is 81.1 cm³/mol. The maximum absolute atomic E-state index is 5.40. The van der Waals surface area contributed by atoms with Crippen molar-refractivity contribution in [2.45, 2.75) is 45.3 Å². The van der Waals surface area contributed by atoms with E-state index in [-0.39, 0.29) is 6.10 Å². The van der Waals surface area contributed by atoms with Gasteiger partial charge in [0.15, 0.2) is 0 Å². The van der Waals surface area contributed by atoms with Crippen molar-refractivity contribution in [2.24, 2.45) is 0 Å². The summed E-state index contributed by atoms with van der Waals surface area (Å²) in [6, 6.07) is 9.07. The maximum atomic E-state index is 5.40. The summed E-state index contributed by atoms with van der Waals surface area (Å²) in [5.41, 5.74) is 1.36. The molecule has 0 saturated carbocycles. The van der Waals surface area contributed by atoms with Crippen LogP contribution in [0.3, 0.4) is 0 Å². The average Bonchev–Trinajstić information content (AvgIpc) is 2.33. The van der Waals surface area contributed by atoms with E-state index in [0.29, 0.717) is 12.0 Å². The van der Waals surface area contributed by atoms with E-state index >= 15 is 0 Å². The molecule has 0 fully saturated rings. The molecule has 2 nitrogen and oxygen atoms in total. The fourth-order valence-corrected chi connectivity index (χ4v) is 2.39. The van der Waals surface area contributed by atoms with Crippen LogP contribution in [-0.4, -0.2) is 25.8 Å². The average molecular weight is 314 g/mol. The zero-order valence-corrected chi connectivity index (χ0v) is 13.3. The second kappa shape index (κ2) is 7.93. The van der Waals surface area contributed by atoms with Gasteiger partial charge in [-0.05, 0) is 37.0 Å². The van der Waals surface area contributed by atoms with Gasteiger partial charge in [0.1, 0.15) is 0 Å². The zero-order valence-electron chi connectivity index (χ0n) is 11.7. The Balaban J connectivity index is 2.75. The second-order valence-electron chi connectivity index (χ2n) is 5.10. The monoisotopic (exact) mass is 313 g/mol. The Bertz CT molecular complexity index is 354. The number of hydrogen-bond donors (Lipinski definition) is 1. The Morgan fingerprint density at radius 3 is 2.56 bits per heavy atom. The molecule has 0 saturated heterocycles. The molecule has 1 N–H and O–H groups in total. The minimum Gasteiger partial charge on any atom is -0.382 e. The smallest absolute Gasteiger partial charge is 0.0549 e. The predicted octanol–water partition coefficient (Wildman–Crippen LogP) is 3.96. The Morgan fingerprint density at radius 2 is 2.00 bits per heavy atom. The van der Waals surface area contributed by atoms with Crippen LogP contribution in [-0.2, 0) is 4.74 Å². The molecule has 0 spiro atoms. The summed E-state index contributed by atoms with van der Waals surface area (Å²) >= 11 is 3.54. The summed E-state index contributed by atoms with van der Waals surface area (Å²) < 4.78 is 6.54. The quantitative estimate of drug-likeness (QED) is 0.822. The first-order valence-electron chi connectivity index (χ1n) is 6.54. The van der Waals surface area contributed by atoms with Crippen molar-refractivity contribution in [3.05, 3.63) is 34.3 Å². The van der Waals surface area contributed by atoms with Gasteiger partial charge >= 0.3 is 0 Å². The van der Waals surface area contributed by atoms with Crippen molar-refractivity contribution in [2.75, 3.05) is 13.7 Å². The molecule has 2 atom stereocenters. The highest BCUT2D eigenvalue weighted by Crippen LogP contribution is 2.24. The Labute approximate surface area is 119 Å². The molecule has 102 valence electrons. The van der Waals surface area contributed by atoms with Crippen LogP contribution in [0.25, 0.3) is 0 Å². The van der Waals surface area contributed by atoms with Crippen LogP contribution in [0, 0.1) is 0 Å². The van der Waals surface area contributed by atoms with Crippen molar-refractivity contribution in [1.29, 1.82) is 0 Å². The Hall–Kier alpha value is -0.380. The van der Waals surface area contributed by atoms with Crippen molar-refractivity contribution < 1.29 is 4.74 Å². The SMILES string of the molecule is COC(C)CC(CNC(C)C)c1cccc(Br)c1. The molecule has 0 bridgehead atoms. The Kier molecular flexibility index (Phi) is 6.90. The first-order valence-corrected chi connectivity index (χ1v) is 7.33. The molecule has 3 heteroatoms. The van der Waals surface area contributed by atoms with Gasteiger partial charge < -0.3 is 10.1 Å². The molecule has 0 aromatic heterocycles. The lowest BCUT2D eigenvalue weighted by molar-refractivity contribution is 0.104. The molecule has 1 rings (SSSR count). The van der Waals surface area contributed by atoms with E-state index in [1.165, 1.54) is 5.56 Å². The molecule has 0 heterocycles. The van der Waals surface area contributed by atoms with Crippen LogP contribution in [0.1, 0.15) is 38.7 Å². The molecule has 0 aliphatic rings. The van der Waals surface area contributed by atoms with Gasteiger partial charge in [0, 0.05) is 24.2 Å². The van der Waals surface area contributed by atoms with E-state index in [2.05, 4.69) is 66.3 Å². The first-order chi connectivity index (χ1) is 8.52. The lowest BCUT2D eigenvalue weighted by Gasteiger charge is -2.22. The Morgan fingerprint density at radius 1 is 1.28 bits per heavy atom. The largest absolute Gasteiger partial charge is 0.382 e. The van der Waals surface area contributed by atoms with E-state index in [1.54, 1.807) is 7.11 Å². The molecular weight excluding hydrogens is 290 g/mol. The normalized spacial score (nSPS) is 14.8. The number of rotatable bonds is 7. The van der Waals surface area contributed by atoms with Gasteiger partial charge in [-0.3, -0.25) is 0 Å². The lowest BCUT2D eigenvalue weighted by atomic mass is 9.93. The molecule has 2 unspecified atom stereocenters. The molecule has 1 aromatic carbocycles. The minimum absolute atomic E-state index is 0.281. The van der Waals surface area contributed by atoms with Crippen LogP contribution in [0.2, 0.25) is 0 Å². The number of nitrogens with one attached hydrogen (secondary N) is 1. The number of halogens is 1.